The highest BCUT2D eigenvalue weighted by molar-refractivity contribution is 5.76. The summed E-state index contributed by atoms with van der Waals surface area (Å²) in [7, 11) is 0. The molecule has 1 unspecified atom stereocenters. The van der Waals surface area contributed by atoms with Crippen LogP contribution in [0.25, 0.3) is 5.82 Å². The highest BCUT2D eigenvalue weighted by atomic mass is 16.5. The number of hydrogen-bond donors (Lipinski definition) is 1. The van der Waals surface area contributed by atoms with Crippen LogP contribution in [0, 0.1) is 6.92 Å². The topological polar surface area (TPSA) is 69.0 Å². The molecule has 2 aromatic heterocycles. The molecule has 0 aliphatic carbocycles. The summed E-state index contributed by atoms with van der Waals surface area (Å²) in [6.45, 7) is 4.26. The van der Waals surface area contributed by atoms with E-state index in [1.165, 1.54) is 0 Å². The van der Waals surface area contributed by atoms with Gasteiger partial charge in [0.15, 0.2) is 5.82 Å². The highest BCUT2D eigenvalue weighted by Gasteiger charge is 2.16. The number of carbonyl (C=O) groups is 1. The summed E-state index contributed by atoms with van der Waals surface area (Å²) < 4.78 is 7.34. The van der Waals surface area contributed by atoms with Crippen molar-refractivity contribution in [1.82, 2.24) is 20.1 Å². The van der Waals surface area contributed by atoms with Gasteiger partial charge in [0.1, 0.15) is 5.75 Å². The van der Waals surface area contributed by atoms with E-state index in [9.17, 15) is 4.79 Å². The zero-order chi connectivity index (χ0) is 18.4. The van der Waals surface area contributed by atoms with Gasteiger partial charge in [-0.3, -0.25) is 4.79 Å². The van der Waals surface area contributed by atoms with Crippen molar-refractivity contribution >= 4 is 5.91 Å². The maximum Gasteiger partial charge on any atom is 0.223 e. The summed E-state index contributed by atoms with van der Waals surface area (Å²) >= 11 is 0. The van der Waals surface area contributed by atoms with Gasteiger partial charge in [0.25, 0.3) is 0 Å². The van der Waals surface area contributed by atoms with Crippen LogP contribution in [0.2, 0.25) is 0 Å². The van der Waals surface area contributed by atoms with Crippen LogP contribution < -0.4 is 10.1 Å². The Morgan fingerprint density at radius 2 is 1.96 bits per heavy atom. The van der Waals surface area contributed by atoms with E-state index in [4.69, 9.17) is 4.74 Å². The minimum Gasteiger partial charge on any atom is -0.493 e. The minimum absolute atomic E-state index is 0.0570. The van der Waals surface area contributed by atoms with Gasteiger partial charge in [-0.15, -0.1) is 0 Å². The largest absolute Gasteiger partial charge is 0.493 e. The minimum atomic E-state index is -0.142. The molecule has 0 bridgehead atoms. The Morgan fingerprint density at radius 1 is 1.19 bits per heavy atom. The van der Waals surface area contributed by atoms with Crippen LogP contribution in [0.15, 0.2) is 60.9 Å². The summed E-state index contributed by atoms with van der Waals surface area (Å²) in [5.74, 6) is 1.46. The lowest BCUT2D eigenvalue weighted by Gasteiger charge is -2.14. The van der Waals surface area contributed by atoms with E-state index >= 15 is 0 Å². The maximum absolute atomic E-state index is 12.2. The van der Waals surface area contributed by atoms with E-state index in [2.05, 4.69) is 15.4 Å². The van der Waals surface area contributed by atoms with Gasteiger partial charge in [0, 0.05) is 17.5 Å². The van der Waals surface area contributed by atoms with Crippen LogP contribution in [0.4, 0.5) is 0 Å². The smallest absolute Gasteiger partial charge is 0.223 e. The second-order valence-corrected chi connectivity index (χ2v) is 5.99. The zero-order valence-electron chi connectivity index (χ0n) is 14.9. The summed E-state index contributed by atoms with van der Waals surface area (Å²) in [6, 6.07) is 15.0. The fourth-order valence-electron chi connectivity index (χ4n) is 2.73. The number of nitrogens with one attached hydrogen (secondary N) is 1. The Hall–Kier alpha value is -3.15. The van der Waals surface area contributed by atoms with Crippen molar-refractivity contribution in [2.24, 2.45) is 0 Å². The number of pyridine rings is 1. The van der Waals surface area contributed by atoms with E-state index in [-0.39, 0.29) is 11.9 Å². The Bertz CT molecular complexity index is 847. The van der Waals surface area contributed by atoms with Crippen molar-refractivity contribution in [2.45, 2.75) is 26.3 Å². The number of nitrogens with zero attached hydrogens (tertiary/aromatic N) is 3. The molecule has 6 nitrogen and oxygen atoms in total. The lowest BCUT2D eigenvalue weighted by Crippen LogP contribution is -2.28. The Labute approximate surface area is 152 Å². The molecule has 1 atom stereocenters. The maximum atomic E-state index is 12.2. The van der Waals surface area contributed by atoms with Crippen molar-refractivity contribution < 1.29 is 9.53 Å². The molecule has 0 spiro atoms. The van der Waals surface area contributed by atoms with Gasteiger partial charge in [-0.05, 0) is 38.1 Å². The molecule has 1 amide bonds. The van der Waals surface area contributed by atoms with Gasteiger partial charge in [0.2, 0.25) is 5.91 Å². The van der Waals surface area contributed by atoms with Gasteiger partial charge < -0.3 is 10.1 Å². The van der Waals surface area contributed by atoms with Crippen LogP contribution in [-0.2, 0) is 4.79 Å². The summed E-state index contributed by atoms with van der Waals surface area (Å²) in [4.78, 5) is 16.5. The molecule has 0 aliphatic rings. The average Bonchev–Trinajstić information content (AvgIpc) is 3.05. The van der Waals surface area contributed by atoms with E-state index in [1.807, 2.05) is 62.4 Å². The van der Waals surface area contributed by atoms with E-state index in [0.717, 1.165) is 22.8 Å². The normalized spacial score (nSPS) is 11.8. The van der Waals surface area contributed by atoms with Crippen LogP contribution in [0.1, 0.15) is 30.6 Å². The van der Waals surface area contributed by atoms with Gasteiger partial charge in [-0.25, -0.2) is 9.67 Å². The number of para-hydroxylation sites is 1. The highest BCUT2D eigenvalue weighted by Crippen LogP contribution is 2.19. The average molecular weight is 350 g/mol. The molecule has 0 aliphatic heterocycles. The number of carbonyl (C=O) groups excluding carboxylic acids is 1. The van der Waals surface area contributed by atoms with Gasteiger partial charge >= 0.3 is 0 Å². The van der Waals surface area contributed by atoms with Crippen LogP contribution in [0.5, 0.6) is 5.75 Å². The number of ether oxygens (including phenoxy) is 1. The first kappa shape index (κ1) is 17.7. The van der Waals surface area contributed by atoms with Crippen molar-refractivity contribution in [2.75, 3.05) is 6.61 Å². The fraction of sp³-hybridized carbons (Fsp3) is 0.250. The Balaban J connectivity index is 1.55. The molecule has 3 rings (SSSR count). The predicted octanol–water partition coefficient (Wildman–Crippen LogP) is 3.22. The van der Waals surface area contributed by atoms with Crippen LogP contribution in [-0.4, -0.2) is 27.3 Å². The first-order valence-corrected chi connectivity index (χ1v) is 8.58. The molecule has 0 radical (unpaired) electrons. The number of hydrogen-bond acceptors (Lipinski definition) is 4. The summed E-state index contributed by atoms with van der Waals surface area (Å²) in [5, 5.41) is 7.39. The molecule has 0 saturated carbocycles. The molecule has 26 heavy (non-hydrogen) atoms. The van der Waals surface area contributed by atoms with Crippen LogP contribution in [0.3, 0.4) is 0 Å². The molecule has 3 aromatic rings. The lowest BCUT2D eigenvalue weighted by atomic mass is 10.1. The van der Waals surface area contributed by atoms with Gasteiger partial charge in [0.05, 0.1) is 25.3 Å². The van der Waals surface area contributed by atoms with Crippen molar-refractivity contribution in [1.29, 1.82) is 0 Å². The fourth-order valence-corrected chi connectivity index (χ4v) is 2.73. The number of aromatic nitrogens is 3. The number of benzene rings is 1. The second kappa shape index (κ2) is 8.29. The molecule has 2 heterocycles. The van der Waals surface area contributed by atoms with Crippen molar-refractivity contribution in [3.63, 3.8) is 0 Å². The molecular weight excluding hydrogens is 328 g/mol. The third-order valence-electron chi connectivity index (χ3n) is 4.10. The quantitative estimate of drug-likeness (QED) is 0.710. The third kappa shape index (κ3) is 4.27. The predicted molar refractivity (Wildman–Crippen MR) is 99.2 cm³/mol. The molecule has 134 valence electrons. The van der Waals surface area contributed by atoms with Crippen molar-refractivity contribution in [3.8, 4) is 11.6 Å². The van der Waals surface area contributed by atoms with Crippen LogP contribution >= 0.6 is 0 Å². The molecule has 1 N–H and O–H groups in total. The Kier molecular flexibility index (Phi) is 5.63. The monoisotopic (exact) mass is 350 g/mol. The molecule has 6 heteroatoms. The molecular formula is C20H22N4O2. The zero-order valence-corrected chi connectivity index (χ0v) is 14.9. The SMILES string of the molecule is Cc1c(C(C)NC(=O)CCOc2ccccc2)cnn1-c1ccccn1. The number of amides is 1. The van der Waals surface area contributed by atoms with E-state index in [0.29, 0.717) is 13.0 Å². The molecule has 0 saturated heterocycles. The standard InChI is InChI=1S/C20H22N4O2/c1-15(23-20(25)11-13-26-17-8-4-3-5-9-17)18-14-22-24(16(18)2)19-10-6-7-12-21-19/h3-10,12,14-15H,11,13H2,1-2H3,(H,23,25). The number of rotatable bonds is 7. The summed E-state index contributed by atoms with van der Waals surface area (Å²) in [6.07, 6.45) is 3.80. The van der Waals surface area contributed by atoms with Crippen molar-refractivity contribution in [3.05, 3.63) is 72.2 Å². The van der Waals surface area contributed by atoms with E-state index < -0.39 is 0 Å². The Morgan fingerprint density at radius 3 is 2.69 bits per heavy atom. The first-order chi connectivity index (χ1) is 12.6. The summed E-state index contributed by atoms with van der Waals surface area (Å²) in [5.41, 5.74) is 1.92. The van der Waals surface area contributed by atoms with Gasteiger partial charge in [-0.2, -0.15) is 5.10 Å². The second-order valence-electron chi connectivity index (χ2n) is 5.99. The van der Waals surface area contributed by atoms with E-state index in [1.54, 1.807) is 17.1 Å². The molecule has 1 aromatic carbocycles. The molecule has 0 fully saturated rings. The third-order valence-corrected chi connectivity index (χ3v) is 4.10. The van der Waals surface area contributed by atoms with Gasteiger partial charge in [-0.1, -0.05) is 24.3 Å². The lowest BCUT2D eigenvalue weighted by molar-refractivity contribution is -0.122. The first-order valence-electron chi connectivity index (χ1n) is 8.58.